The minimum Gasteiger partial charge on any atom is -0.387 e. The number of carbonyl (C=O) groups is 1. The first-order chi connectivity index (χ1) is 9.99. The highest BCUT2D eigenvalue weighted by Crippen LogP contribution is 2.18. The molecule has 1 amide bonds. The van der Waals surface area contributed by atoms with Crippen molar-refractivity contribution in [2.24, 2.45) is 0 Å². The molecule has 0 saturated carbocycles. The number of aliphatic hydroxyl groups is 2. The zero-order valence-electron chi connectivity index (χ0n) is 12.7. The summed E-state index contributed by atoms with van der Waals surface area (Å²) < 4.78 is 0. The van der Waals surface area contributed by atoms with Gasteiger partial charge in [0, 0.05) is 32.7 Å². The van der Waals surface area contributed by atoms with E-state index in [-0.39, 0.29) is 5.91 Å². The molecular formula is C16H24N2O3. The number of aryl methyl sites for hydroxylation is 2. The van der Waals surface area contributed by atoms with E-state index in [0.717, 1.165) is 29.8 Å². The first-order valence-corrected chi connectivity index (χ1v) is 7.37. The van der Waals surface area contributed by atoms with Gasteiger partial charge in [0.1, 0.15) is 6.61 Å². The molecule has 1 heterocycles. The molecule has 1 aliphatic heterocycles. The van der Waals surface area contributed by atoms with Gasteiger partial charge in [-0.05, 0) is 19.4 Å². The minimum atomic E-state index is -0.510. The molecule has 1 saturated heterocycles. The van der Waals surface area contributed by atoms with Gasteiger partial charge in [-0.1, -0.05) is 29.3 Å². The van der Waals surface area contributed by atoms with E-state index in [4.69, 9.17) is 5.11 Å². The van der Waals surface area contributed by atoms with Gasteiger partial charge in [-0.15, -0.1) is 0 Å². The highest BCUT2D eigenvalue weighted by Gasteiger charge is 2.22. The molecule has 0 aliphatic carbocycles. The number of carbonyl (C=O) groups excluding carboxylic acids is 1. The topological polar surface area (TPSA) is 64.0 Å². The summed E-state index contributed by atoms with van der Waals surface area (Å²) in [7, 11) is 0. The summed E-state index contributed by atoms with van der Waals surface area (Å²) in [4.78, 5) is 15.2. The van der Waals surface area contributed by atoms with Crippen molar-refractivity contribution >= 4 is 5.91 Å². The first-order valence-electron chi connectivity index (χ1n) is 7.37. The molecule has 1 aromatic carbocycles. The van der Waals surface area contributed by atoms with Gasteiger partial charge in [-0.2, -0.15) is 0 Å². The number of hydrogen-bond acceptors (Lipinski definition) is 4. The molecule has 1 fully saturated rings. The van der Waals surface area contributed by atoms with Gasteiger partial charge in [0.2, 0.25) is 5.91 Å². The molecule has 0 radical (unpaired) electrons. The smallest absolute Gasteiger partial charge is 0.248 e. The van der Waals surface area contributed by atoms with Crippen molar-refractivity contribution in [1.82, 2.24) is 9.80 Å². The van der Waals surface area contributed by atoms with Crippen LogP contribution in [0.25, 0.3) is 0 Å². The van der Waals surface area contributed by atoms with Gasteiger partial charge in [-0.25, -0.2) is 0 Å². The Morgan fingerprint density at radius 3 is 2.24 bits per heavy atom. The fourth-order valence-electron chi connectivity index (χ4n) is 2.83. The lowest BCUT2D eigenvalue weighted by Crippen LogP contribution is -2.50. The van der Waals surface area contributed by atoms with Gasteiger partial charge < -0.3 is 15.1 Å². The summed E-state index contributed by atoms with van der Waals surface area (Å²) >= 11 is 0. The van der Waals surface area contributed by atoms with E-state index >= 15 is 0 Å². The van der Waals surface area contributed by atoms with E-state index in [0.29, 0.717) is 19.6 Å². The number of nitrogens with zero attached hydrogens (tertiary/aromatic N) is 2. The van der Waals surface area contributed by atoms with Gasteiger partial charge in [0.25, 0.3) is 0 Å². The van der Waals surface area contributed by atoms with Gasteiger partial charge in [-0.3, -0.25) is 9.69 Å². The quantitative estimate of drug-likeness (QED) is 0.847. The molecule has 2 rings (SSSR count). The zero-order valence-corrected chi connectivity index (χ0v) is 12.7. The Bertz CT molecular complexity index is 476. The standard InChI is InChI=1S/C16H24N2O3/c1-12-7-13(2)9-14(8-12)15(20)10-17-3-5-18(6-4-17)16(21)11-19/h7-9,15,19-20H,3-6,10-11H2,1-2H3. The predicted octanol–water partition coefficient (Wildman–Crippen LogP) is 0.473. The first kappa shape index (κ1) is 15.9. The number of benzene rings is 1. The van der Waals surface area contributed by atoms with Crippen LogP contribution in [0.5, 0.6) is 0 Å². The van der Waals surface area contributed by atoms with Crippen LogP contribution in [0.1, 0.15) is 22.8 Å². The summed E-state index contributed by atoms with van der Waals surface area (Å²) in [6.07, 6.45) is -0.510. The van der Waals surface area contributed by atoms with Crippen LogP contribution in [0, 0.1) is 13.8 Å². The minimum absolute atomic E-state index is 0.218. The average molecular weight is 292 g/mol. The second-order valence-corrected chi connectivity index (χ2v) is 5.78. The Labute approximate surface area is 125 Å². The normalized spacial score (nSPS) is 17.8. The summed E-state index contributed by atoms with van der Waals surface area (Å²) in [5.74, 6) is -0.218. The van der Waals surface area contributed by atoms with Crippen molar-refractivity contribution in [2.75, 3.05) is 39.3 Å². The molecule has 5 heteroatoms. The average Bonchev–Trinajstić information content (AvgIpc) is 2.46. The van der Waals surface area contributed by atoms with Crippen molar-refractivity contribution < 1.29 is 15.0 Å². The molecule has 116 valence electrons. The Morgan fingerprint density at radius 1 is 1.14 bits per heavy atom. The number of piperazine rings is 1. The molecule has 1 unspecified atom stereocenters. The van der Waals surface area contributed by atoms with Crippen LogP contribution in [-0.2, 0) is 4.79 Å². The maximum Gasteiger partial charge on any atom is 0.248 e. The van der Waals surface area contributed by atoms with E-state index in [2.05, 4.69) is 11.0 Å². The van der Waals surface area contributed by atoms with Crippen LogP contribution in [0.2, 0.25) is 0 Å². The monoisotopic (exact) mass is 292 g/mol. The predicted molar refractivity (Wildman–Crippen MR) is 81.0 cm³/mol. The summed E-state index contributed by atoms with van der Waals surface area (Å²) in [5.41, 5.74) is 3.26. The Kier molecular flexibility index (Phi) is 5.33. The highest BCUT2D eigenvalue weighted by molar-refractivity contribution is 5.77. The van der Waals surface area contributed by atoms with Crippen LogP contribution in [0.3, 0.4) is 0 Å². The number of aliphatic hydroxyl groups excluding tert-OH is 2. The molecule has 1 atom stereocenters. The van der Waals surface area contributed by atoms with Crippen molar-refractivity contribution in [3.8, 4) is 0 Å². The van der Waals surface area contributed by atoms with E-state index in [9.17, 15) is 9.90 Å². The largest absolute Gasteiger partial charge is 0.387 e. The maximum atomic E-state index is 11.4. The summed E-state index contributed by atoms with van der Waals surface area (Å²) in [6.45, 7) is 6.89. The number of amides is 1. The van der Waals surface area contributed by atoms with Crippen LogP contribution in [0.15, 0.2) is 18.2 Å². The highest BCUT2D eigenvalue weighted by atomic mass is 16.3. The van der Waals surface area contributed by atoms with Crippen LogP contribution < -0.4 is 0 Å². The lowest BCUT2D eigenvalue weighted by Gasteiger charge is -2.35. The molecule has 2 N–H and O–H groups in total. The fourth-order valence-corrected chi connectivity index (χ4v) is 2.83. The molecule has 5 nitrogen and oxygen atoms in total. The molecule has 21 heavy (non-hydrogen) atoms. The summed E-state index contributed by atoms with van der Waals surface area (Å²) in [6, 6.07) is 6.13. The van der Waals surface area contributed by atoms with E-state index in [1.807, 2.05) is 26.0 Å². The van der Waals surface area contributed by atoms with Crippen molar-refractivity contribution in [3.63, 3.8) is 0 Å². The van der Waals surface area contributed by atoms with Crippen LogP contribution in [-0.4, -0.2) is 65.3 Å². The van der Waals surface area contributed by atoms with Crippen LogP contribution >= 0.6 is 0 Å². The third-order valence-corrected chi connectivity index (χ3v) is 3.92. The van der Waals surface area contributed by atoms with Crippen molar-refractivity contribution in [1.29, 1.82) is 0 Å². The Morgan fingerprint density at radius 2 is 1.71 bits per heavy atom. The van der Waals surface area contributed by atoms with E-state index in [1.165, 1.54) is 0 Å². The molecule has 1 aliphatic rings. The number of hydrogen-bond donors (Lipinski definition) is 2. The Balaban J connectivity index is 1.89. The summed E-state index contributed by atoms with van der Waals surface area (Å²) in [5, 5.41) is 19.2. The number of β-amino-alcohol motifs (C(OH)–C–C–N with tert-alkyl or cyclic N) is 1. The van der Waals surface area contributed by atoms with E-state index < -0.39 is 12.7 Å². The van der Waals surface area contributed by atoms with Crippen molar-refractivity contribution in [3.05, 3.63) is 34.9 Å². The van der Waals surface area contributed by atoms with Gasteiger partial charge in [0.05, 0.1) is 6.10 Å². The fraction of sp³-hybridized carbons (Fsp3) is 0.562. The lowest BCUT2D eigenvalue weighted by atomic mass is 10.0. The molecular weight excluding hydrogens is 268 g/mol. The van der Waals surface area contributed by atoms with Crippen LogP contribution in [0.4, 0.5) is 0 Å². The third kappa shape index (κ3) is 4.27. The SMILES string of the molecule is Cc1cc(C)cc(C(O)CN2CCN(C(=O)CO)CC2)c1. The molecule has 0 bridgehead atoms. The number of rotatable bonds is 4. The van der Waals surface area contributed by atoms with Gasteiger partial charge >= 0.3 is 0 Å². The third-order valence-electron chi connectivity index (χ3n) is 3.92. The van der Waals surface area contributed by atoms with Gasteiger partial charge in [0.15, 0.2) is 0 Å². The second-order valence-electron chi connectivity index (χ2n) is 5.78. The maximum absolute atomic E-state index is 11.4. The van der Waals surface area contributed by atoms with E-state index in [1.54, 1.807) is 4.90 Å². The van der Waals surface area contributed by atoms with Crippen molar-refractivity contribution in [2.45, 2.75) is 20.0 Å². The molecule has 0 spiro atoms. The zero-order chi connectivity index (χ0) is 15.4. The molecule has 0 aromatic heterocycles. The molecule has 1 aromatic rings. The second kappa shape index (κ2) is 7.02. The lowest BCUT2D eigenvalue weighted by molar-refractivity contribution is -0.136. The Hall–Kier alpha value is -1.43.